The molecule has 1 heterocycles. The van der Waals surface area contributed by atoms with Crippen molar-refractivity contribution >= 4 is 0 Å². The van der Waals surface area contributed by atoms with Gasteiger partial charge in [0.1, 0.15) is 0 Å². The third-order valence-electron chi connectivity index (χ3n) is 1.74. The van der Waals surface area contributed by atoms with E-state index in [1.54, 1.807) is 0 Å². The third kappa shape index (κ3) is 0.929. The topological polar surface area (TPSA) is 9.23 Å². The van der Waals surface area contributed by atoms with Crippen LogP contribution in [0.5, 0.6) is 0 Å². The van der Waals surface area contributed by atoms with Gasteiger partial charge in [-0.15, -0.1) is 0 Å². The van der Waals surface area contributed by atoms with Gasteiger partial charge in [0, 0.05) is 6.42 Å². The van der Waals surface area contributed by atoms with Crippen molar-refractivity contribution in [1.82, 2.24) is 0 Å². The monoisotopic (exact) mass is 133 g/mol. The van der Waals surface area contributed by atoms with Crippen LogP contribution in [0.1, 0.15) is 18.1 Å². The van der Waals surface area contributed by atoms with Gasteiger partial charge in [-0.3, -0.25) is 0 Å². The predicted octanol–water partition coefficient (Wildman–Crippen LogP) is 2.31. The first-order valence-corrected chi connectivity index (χ1v) is 3.49. The first-order chi connectivity index (χ1) is 4.97. The Morgan fingerprint density at radius 1 is 1.20 bits per heavy atom. The van der Waals surface area contributed by atoms with E-state index in [1.165, 1.54) is 5.56 Å². The second-order valence-corrected chi connectivity index (χ2v) is 2.44. The summed E-state index contributed by atoms with van der Waals surface area (Å²) in [4.78, 5) is 0. The minimum absolute atomic E-state index is 0.334. The van der Waals surface area contributed by atoms with E-state index in [4.69, 9.17) is 4.74 Å². The van der Waals surface area contributed by atoms with Gasteiger partial charge in [0.05, 0.1) is 12.7 Å². The lowest BCUT2D eigenvalue weighted by atomic mass is 10.0. The highest BCUT2D eigenvalue weighted by atomic mass is 16.5. The summed E-state index contributed by atoms with van der Waals surface area (Å²) in [6.45, 7) is 1.84. The molecule has 1 aromatic carbocycles. The second kappa shape index (κ2) is 2.43. The molecule has 1 atom stereocenters. The lowest BCUT2D eigenvalue weighted by Crippen LogP contribution is -2.12. The Labute approximate surface area is 60.6 Å². The molecule has 1 aromatic rings. The molecule has 0 saturated carbocycles. The Morgan fingerprint density at radius 3 is 2.40 bits per heavy atom. The molecule has 0 aliphatic carbocycles. The average molecular weight is 133 g/mol. The largest absolute Gasteiger partial charge is 0.367 e. The molecular formula is C9H9O. The molecule has 1 fully saturated rings. The number of hydrogen-bond acceptors (Lipinski definition) is 1. The van der Waals surface area contributed by atoms with Gasteiger partial charge >= 0.3 is 0 Å². The summed E-state index contributed by atoms with van der Waals surface area (Å²) >= 11 is 0. The number of hydrogen-bond donors (Lipinski definition) is 0. The molecule has 1 saturated heterocycles. The van der Waals surface area contributed by atoms with E-state index >= 15 is 0 Å². The zero-order chi connectivity index (χ0) is 6.81. The summed E-state index contributed by atoms with van der Waals surface area (Å²) in [6.07, 6.45) is 1.39. The SMILES string of the molecule is [CH]1CC(c2ccccc2)O1. The zero-order valence-corrected chi connectivity index (χ0v) is 5.66. The maximum Gasteiger partial charge on any atom is 0.0874 e. The minimum atomic E-state index is 0.334. The highest BCUT2D eigenvalue weighted by Crippen LogP contribution is 2.31. The van der Waals surface area contributed by atoms with E-state index in [2.05, 4.69) is 12.1 Å². The Hall–Kier alpha value is -0.820. The number of rotatable bonds is 1. The Morgan fingerprint density at radius 2 is 1.90 bits per heavy atom. The maximum absolute atomic E-state index is 5.19. The standard InChI is InChI=1S/C9H9O/c1-2-4-8(5-3-1)9-6-7-10-9/h1-5,7,9H,6H2. The molecule has 51 valence electrons. The van der Waals surface area contributed by atoms with Gasteiger partial charge in [0.25, 0.3) is 0 Å². The second-order valence-electron chi connectivity index (χ2n) is 2.44. The Kier molecular flexibility index (Phi) is 1.44. The van der Waals surface area contributed by atoms with Gasteiger partial charge < -0.3 is 4.74 Å². The molecular weight excluding hydrogens is 124 g/mol. The fourth-order valence-electron chi connectivity index (χ4n) is 1.07. The van der Waals surface area contributed by atoms with Gasteiger partial charge in [0.2, 0.25) is 0 Å². The molecule has 2 rings (SSSR count). The number of benzene rings is 1. The molecule has 0 N–H and O–H groups in total. The van der Waals surface area contributed by atoms with Crippen LogP contribution in [0.25, 0.3) is 0 Å². The zero-order valence-electron chi connectivity index (χ0n) is 5.66. The van der Waals surface area contributed by atoms with Gasteiger partial charge in [-0.1, -0.05) is 30.3 Å². The molecule has 1 nitrogen and oxygen atoms in total. The molecule has 0 aromatic heterocycles. The van der Waals surface area contributed by atoms with Crippen molar-refractivity contribution in [2.45, 2.75) is 12.5 Å². The first kappa shape index (κ1) is 5.93. The van der Waals surface area contributed by atoms with Crippen molar-refractivity contribution in [3.05, 3.63) is 42.5 Å². The van der Waals surface area contributed by atoms with E-state index in [-0.39, 0.29) is 0 Å². The normalized spacial score (nSPS) is 23.8. The van der Waals surface area contributed by atoms with Crippen molar-refractivity contribution in [3.8, 4) is 0 Å². The van der Waals surface area contributed by atoms with Crippen LogP contribution in [0.2, 0.25) is 0 Å². The van der Waals surface area contributed by atoms with E-state index in [0.29, 0.717) is 6.10 Å². The van der Waals surface area contributed by atoms with Crippen LogP contribution in [-0.4, -0.2) is 0 Å². The Bertz CT molecular complexity index is 201. The van der Waals surface area contributed by atoms with E-state index in [1.807, 2.05) is 24.8 Å². The van der Waals surface area contributed by atoms with Crippen LogP contribution < -0.4 is 0 Å². The molecule has 1 unspecified atom stereocenters. The van der Waals surface area contributed by atoms with Crippen molar-refractivity contribution in [1.29, 1.82) is 0 Å². The smallest absolute Gasteiger partial charge is 0.0874 e. The summed E-state index contributed by atoms with van der Waals surface area (Å²) < 4.78 is 5.19. The fraction of sp³-hybridized carbons (Fsp3) is 0.222. The van der Waals surface area contributed by atoms with Gasteiger partial charge in [0.15, 0.2) is 0 Å². The van der Waals surface area contributed by atoms with Gasteiger partial charge in [-0.05, 0) is 5.56 Å². The third-order valence-corrected chi connectivity index (χ3v) is 1.74. The predicted molar refractivity (Wildman–Crippen MR) is 39.2 cm³/mol. The fourth-order valence-corrected chi connectivity index (χ4v) is 1.07. The Balaban J connectivity index is 2.18. The summed E-state index contributed by atoms with van der Waals surface area (Å²) in [5.41, 5.74) is 1.28. The van der Waals surface area contributed by atoms with Crippen LogP contribution in [-0.2, 0) is 4.74 Å². The van der Waals surface area contributed by atoms with Crippen molar-refractivity contribution in [3.63, 3.8) is 0 Å². The summed E-state index contributed by atoms with van der Waals surface area (Å²) in [6, 6.07) is 10.3. The van der Waals surface area contributed by atoms with Gasteiger partial charge in [-0.2, -0.15) is 0 Å². The van der Waals surface area contributed by atoms with Crippen molar-refractivity contribution in [2.75, 3.05) is 0 Å². The molecule has 0 amide bonds. The quantitative estimate of drug-likeness (QED) is 0.571. The molecule has 1 heteroatoms. The number of ether oxygens (including phenoxy) is 1. The molecule has 1 aliphatic heterocycles. The minimum Gasteiger partial charge on any atom is -0.367 e. The van der Waals surface area contributed by atoms with Crippen LogP contribution in [0.3, 0.4) is 0 Å². The van der Waals surface area contributed by atoms with E-state index in [9.17, 15) is 0 Å². The lowest BCUT2D eigenvalue weighted by molar-refractivity contribution is 0.00722. The summed E-state index contributed by atoms with van der Waals surface area (Å²) in [7, 11) is 0. The maximum atomic E-state index is 5.19. The van der Waals surface area contributed by atoms with E-state index < -0.39 is 0 Å². The molecule has 0 spiro atoms. The average Bonchev–Trinajstić information content (AvgIpc) is 1.86. The molecule has 1 radical (unpaired) electrons. The van der Waals surface area contributed by atoms with E-state index in [0.717, 1.165) is 6.42 Å². The highest BCUT2D eigenvalue weighted by molar-refractivity contribution is 5.19. The van der Waals surface area contributed by atoms with Gasteiger partial charge in [-0.25, -0.2) is 0 Å². The van der Waals surface area contributed by atoms with Crippen LogP contribution in [0.4, 0.5) is 0 Å². The van der Waals surface area contributed by atoms with Crippen molar-refractivity contribution < 1.29 is 4.74 Å². The van der Waals surface area contributed by atoms with Crippen LogP contribution in [0, 0.1) is 6.61 Å². The first-order valence-electron chi connectivity index (χ1n) is 3.49. The summed E-state index contributed by atoms with van der Waals surface area (Å²) in [5, 5.41) is 0. The highest BCUT2D eigenvalue weighted by Gasteiger charge is 2.19. The molecule has 0 bridgehead atoms. The van der Waals surface area contributed by atoms with Crippen LogP contribution >= 0.6 is 0 Å². The lowest BCUT2D eigenvalue weighted by Gasteiger charge is -2.25. The summed E-state index contributed by atoms with van der Waals surface area (Å²) in [5.74, 6) is 0. The molecule has 10 heavy (non-hydrogen) atoms. The molecule has 1 aliphatic rings. The van der Waals surface area contributed by atoms with Crippen LogP contribution in [0.15, 0.2) is 30.3 Å². The van der Waals surface area contributed by atoms with Crippen molar-refractivity contribution in [2.24, 2.45) is 0 Å².